The first-order valence-electron chi connectivity index (χ1n) is 17.5. The van der Waals surface area contributed by atoms with Gasteiger partial charge in [0.25, 0.3) is 11.8 Å². The number of halogens is 1. The number of hydrogen-bond donors (Lipinski definition) is 2. The van der Waals surface area contributed by atoms with E-state index in [1.165, 1.54) is 0 Å². The van der Waals surface area contributed by atoms with Gasteiger partial charge in [-0.3, -0.25) is 19.3 Å². The van der Waals surface area contributed by atoms with Gasteiger partial charge in [-0.15, -0.1) is 0 Å². The summed E-state index contributed by atoms with van der Waals surface area (Å²) in [6.45, 7) is 5.88. The van der Waals surface area contributed by atoms with E-state index in [2.05, 4.69) is 0 Å². The van der Waals surface area contributed by atoms with Gasteiger partial charge in [0, 0.05) is 40.8 Å². The van der Waals surface area contributed by atoms with Gasteiger partial charge in [-0.1, -0.05) is 73.1 Å². The molecule has 10 nitrogen and oxygen atoms in total. The number of para-hydroxylation sites is 2. The Bertz CT molecular complexity index is 2010. The predicted molar refractivity (Wildman–Crippen MR) is 201 cm³/mol. The third-order valence-electron chi connectivity index (χ3n) is 10.5. The smallest absolute Gasteiger partial charge is 0.269 e. The molecular weight excluding hydrogens is 698 g/mol. The first-order chi connectivity index (χ1) is 24.9. The zero-order valence-corrected chi connectivity index (χ0v) is 31.1. The summed E-state index contributed by atoms with van der Waals surface area (Å²) in [6.07, 6.45) is -0.835. The number of benzene rings is 4. The molecule has 4 aromatic rings. The summed E-state index contributed by atoms with van der Waals surface area (Å²) < 4.78 is 12.5. The van der Waals surface area contributed by atoms with Crippen LogP contribution in [-0.4, -0.2) is 66.7 Å². The average molecular weight is 740 g/mol. The van der Waals surface area contributed by atoms with Gasteiger partial charge in [0.05, 0.1) is 37.1 Å². The van der Waals surface area contributed by atoms with Crippen LogP contribution in [0.25, 0.3) is 0 Å². The van der Waals surface area contributed by atoms with E-state index in [4.69, 9.17) is 21.1 Å². The highest BCUT2D eigenvalue weighted by Gasteiger charge is 2.66. The molecule has 0 saturated carbocycles. The number of carbonyl (C=O) groups excluding carboxylic acids is 3. The highest BCUT2D eigenvalue weighted by Crippen LogP contribution is 2.60. The van der Waals surface area contributed by atoms with Gasteiger partial charge in [-0.25, -0.2) is 0 Å². The summed E-state index contributed by atoms with van der Waals surface area (Å²) in [5.41, 5.74) is 2.25. The second-order valence-electron chi connectivity index (χ2n) is 14.3. The first-order valence-corrected chi connectivity index (χ1v) is 20.9. The summed E-state index contributed by atoms with van der Waals surface area (Å²) in [7, 11) is -3.06. The lowest BCUT2D eigenvalue weighted by Crippen LogP contribution is -2.46. The average Bonchev–Trinajstić information content (AvgIpc) is 3.54. The third kappa shape index (κ3) is 6.41. The fraction of sp³-hybridized carbons (Fsp3) is 0.325. The lowest BCUT2D eigenvalue weighted by Gasteiger charge is -2.33. The zero-order valence-electron chi connectivity index (χ0n) is 29.4. The molecule has 7 rings (SSSR count). The second kappa shape index (κ2) is 14.1. The van der Waals surface area contributed by atoms with Crippen molar-refractivity contribution in [1.82, 2.24) is 4.90 Å². The van der Waals surface area contributed by atoms with Crippen LogP contribution in [0.5, 0.6) is 5.75 Å². The van der Waals surface area contributed by atoms with Gasteiger partial charge in [0.15, 0.2) is 20.5 Å². The number of fused-ring (bicyclic) bond motifs is 3. The summed E-state index contributed by atoms with van der Waals surface area (Å²) in [5, 5.41) is 10.3. The standard InChI is InChI=1S/C40H42ClN3O7Si/c1-26-38(52(2,3)49)35(22-36(46)42(18-19-45)23-27-10-5-4-6-11-27)51-40(26)31-21-29(41)16-17-32(31)43(39(40)48)24-28-12-9-13-30(20-28)44-33-14-7-8-15-34(33)50-25-37(44)47/h4-17,20-21,26,35,38,45,49H,18-19,22-25H2,1-3H3/t26-,35+,38-,40+/m1/s1. The fourth-order valence-corrected chi connectivity index (χ4v) is 11.0. The Labute approximate surface area is 309 Å². The van der Waals surface area contributed by atoms with Gasteiger partial charge in [0.1, 0.15) is 5.75 Å². The van der Waals surface area contributed by atoms with Gasteiger partial charge in [-0.05, 0) is 66.7 Å². The van der Waals surface area contributed by atoms with Crippen molar-refractivity contribution in [2.24, 2.45) is 5.92 Å². The van der Waals surface area contributed by atoms with E-state index in [1.54, 1.807) is 26.8 Å². The molecule has 1 fully saturated rings. The number of nitrogens with zero attached hydrogens (tertiary/aromatic N) is 3. The molecule has 4 aromatic carbocycles. The molecular formula is C40H42ClN3O7Si. The molecule has 0 radical (unpaired) electrons. The van der Waals surface area contributed by atoms with Crippen molar-refractivity contribution in [1.29, 1.82) is 0 Å². The highest BCUT2D eigenvalue weighted by atomic mass is 35.5. The summed E-state index contributed by atoms with van der Waals surface area (Å²) in [5.74, 6) is -0.630. The zero-order chi connectivity index (χ0) is 36.8. The molecule has 52 heavy (non-hydrogen) atoms. The molecule has 3 heterocycles. The first kappa shape index (κ1) is 35.9. The minimum Gasteiger partial charge on any atom is -0.482 e. The topological polar surface area (TPSA) is 120 Å². The Morgan fingerprint density at radius 2 is 1.69 bits per heavy atom. The van der Waals surface area contributed by atoms with Crippen LogP contribution < -0.4 is 14.5 Å². The minimum atomic E-state index is -3.06. The number of aliphatic hydroxyl groups is 1. The number of rotatable bonds is 10. The lowest BCUT2D eigenvalue weighted by molar-refractivity contribution is -0.150. The fourth-order valence-electron chi connectivity index (χ4n) is 8.29. The summed E-state index contributed by atoms with van der Waals surface area (Å²) in [6, 6.07) is 29.7. The maximum absolute atomic E-state index is 15.0. The Morgan fingerprint density at radius 3 is 2.44 bits per heavy atom. The van der Waals surface area contributed by atoms with E-state index < -0.39 is 31.5 Å². The Balaban J connectivity index is 1.21. The Kier molecular flexibility index (Phi) is 9.74. The monoisotopic (exact) mass is 739 g/mol. The van der Waals surface area contributed by atoms with Crippen molar-refractivity contribution in [2.75, 3.05) is 29.6 Å². The van der Waals surface area contributed by atoms with Crippen LogP contribution in [-0.2, 0) is 37.8 Å². The molecule has 4 atom stereocenters. The molecule has 1 saturated heterocycles. The van der Waals surface area contributed by atoms with Crippen LogP contribution in [0.3, 0.4) is 0 Å². The van der Waals surface area contributed by atoms with E-state index >= 15 is 0 Å². The molecule has 0 aromatic heterocycles. The number of hydrogen-bond acceptors (Lipinski definition) is 7. The molecule has 0 aliphatic carbocycles. The third-order valence-corrected chi connectivity index (χ3v) is 13.2. The van der Waals surface area contributed by atoms with Crippen molar-refractivity contribution in [3.63, 3.8) is 0 Å². The summed E-state index contributed by atoms with van der Waals surface area (Å²) in [4.78, 5) is 58.7. The van der Waals surface area contributed by atoms with Gasteiger partial charge < -0.3 is 29.2 Å². The molecule has 2 N–H and O–H groups in total. The van der Waals surface area contributed by atoms with Crippen molar-refractivity contribution in [2.45, 2.75) is 56.8 Å². The van der Waals surface area contributed by atoms with E-state index in [1.807, 2.05) is 105 Å². The van der Waals surface area contributed by atoms with Crippen LogP contribution in [0.4, 0.5) is 17.1 Å². The van der Waals surface area contributed by atoms with E-state index in [-0.39, 0.29) is 50.4 Å². The molecule has 0 unspecified atom stereocenters. The van der Waals surface area contributed by atoms with Crippen molar-refractivity contribution in [3.05, 3.63) is 119 Å². The van der Waals surface area contributed by atoms with Crippen LogP contribution >= 0.6 is 11.6 Å². The number of aliphatic hydroxyl groups excluding tert-OH is 1. The maximum atomic E-state index is 15.0. The van der Waals surface area contributed by atoms with Crippen LogP contribution in [0.2, 0.25) is 23.7 Å². The van der Waals surface area contributed by atoms with Crippen LogP contribution in [0.1, 0.15) is 30.0 Å². The van der Waals surface area contributed by atoms with Crippen molar-refractivity contribution < 1.29 is 33.8 Å². The van der Waals surface area contributed by atoms with E-state index in [0.717, 1.165) is 11.1 Å². The van der Waals surface area contributed by atoms with Gasteiger partial charge in [0.2, 0.25) is 5.91 Å². The number of ether oxygens (including phenoxy) is 2. The SMILES string of the molecule is C[C@@H]1[C@@H]([Si](C)(C)O)[C@H](CC(=O)N(CCO)Cc2ccccc2)O[C@@]12C(=O)N(Cc1cccc(N3C(=O)COc4ccccc43)c1)c1ccc(Cl)cc12. The lowest BCUT2D eigenvalue weighted by atomic mass is 9.82. The number of carbonyl (C=O) groups is 3. The summed E-state index contributed by atoms with van der Waals surface area (Å²) >= 11 is 6.59. The Morgan fingerprint density at radius 1 is 0.962 bits per heavy atom. The van der Waals surface area contributed by atoms with E-state index in [0.29, 0.717) is 39.9 Å². The van der Waals surface area contributed by atoms with E-state index in [9.17, 15) is 24.3 Å². The molecule has 3 aliphatic heterocycles. The van der Waals surface area contributed by atoms with Crippen molar-refractivity contribution in [3.8, 4) is 5.75 Å². The minimum absolute atomic E-state index is 0.0686. The highest BCUT2D eigenvalue weighted by molar-refractivity contribution is 6.71. The maximum Gasteiger partial charge on any atom is 0.269 e. The number of amides is 3. The number of anilines is 3. The van der Waals surface area contributed by atoms with Crippen LogP contribution in [0.15, 0.2) is 97.1 Å². The molecule has 3 aliphatic rings. The Hall–Kier alpha value is -4.52. The molecule has 12 heteroatoms. The molecule has 1 spiro atoms. The molecule has 3 amide bonds. The van der Waals surface area contributed by atoms with Crippen molar-refractivity contribution >= 4 is 54.7 Å². The van der Waals surface area contributed by atoms with Gasteiger partial charge >= 0.3 is 0 Å². The quantitative estimate of drug-likeness (QED) is 0.187. The molecule has 270 valence electrons. The predicted octanol–water partition coefficient (Wildman–Crippen LogP) is 6.15. The van der Waals surface area contributed by atoms with Gasteiger partial charge in [-0.2, -0.15) is 0 Å². The largest absolute Gasteiger partial charge is 0.482 e. The second-order valence-corrected chi connectivity index (χ2v) is 18.7. The van der Waals surface area contributed by atoms with Crippen LogP contribution in [0, 0.1) is 5.92 Å². The molecule has 0 bridgehead atoms. The normalized spacial score (nSPS) is 22.4.